The standard InChI is InChI=1S/C43H26N4O/c1-2-13-28(14-3-1)41-44-42(36-21-11-20-35-34-18-7-9-23-39(34)48-40(35)36)46-43(45-41)47-37-22-8-6-17-32(37)33-25-24-29(26-38(33)47)31-19-10-15-27-12-4-5-16-30(27)31/h1-26H. The van der Waals surface area contributed by atoms with Gasteiger partial charge in [-0.1, -0.05) is 133 Å². The van der Waals surface area contributed by atoms with Crippen LogP contribution in [0, 0.1) is 0 Å². The molecule has 3 heterocycles. The minimum absolute atomic E-state index is 0.549. The molecule has 5 nitrogen and oxygen atoms in total. The van der Waals surface area contributed by atoms with Crippen molar-refractivity contribution < 1.29 is 4.42 Å². The van der Waals surface area contributed by atoms with Crippen molar-refractivity contribution in [1.29, 1.82) is 0 Å². The van der Waals surface area contributed by atoms with Crippen LogP contribution in [0.1, 0.15) is 0 Å². The Morgan fingerprint density at radius 3 is 2.00 bits per heavy atom. The molecule has 0 saturated heterocycles. The number of benzene rings is 7. The van der Waals surface area contributed by atoms with Crippen molar-refractivity contribution in [2.24, 2.45) is 0 Å². The fourth-order valence-corrected chi connectivity index (χ4v) is 7.06. The van der Waals surface area contributed by atoms with E-state index in [4.69, 9.17) is 19.4 Å². The first-order valence-corrected chi connectivity index (χ1v) is 16.0. The first-order valence-electron chi connectivity index (χ1n) is 16.0. The number of fused-ring (bicyclic) bond motifs is 7. The van der Waals surface area contributed by atoms with Gasteiger partial charge in [0.05, 0.1) is 16.6 Å². The minimum Gasteiger partial charge on any atom is -0.455 e. The molecule has 0 spiro atoms. The van der Waals surface area contributed by atoms with Crippen LogP contribution in [-0.2, 0) is 0 Å². The number of para-hydroxylation sites is 3. The molecule has 0 N–H and O–H groups in total. The normalized spacial score (nSPS) is 11.8. The Bertz CT molecular complexity index is 2840. The number of nitrogens with zero attached hydrogens (tertiary/aromatic N) is 4. The van der Waals surface area contributed by atoms with Gasteiger partial charge in [0.2, 0.25) is 5.95 Å². The highest BCUT2D eigenvalue weighted by atomic mass is 16.3. The molecule has 10 aromatic rings. The smallest absolute Gasteiger partial charge is 0.238 e. The maximum absolute atomic E-state index is 6.45. The first kappa shape index (κ1) is 26.6. The summed E-state index contributed by atoms with van der Waals surface area (Å²) in [4.78, 5) is 15.5. The predicted molar refractivity (Wildman–Crippen MR) is 195 cm³/mol. The zero-order chi connectivity index (χ0) is 31.6. The van der Waals surface area contributed by atoms with Gasteiger partial charge in [-0.15, -0.1) is 0 Å². The molecule has 7 aromatic carbocycles. The fourth-order valence-electron chi connectivity index (χ4n) is 7.06. The molecule has 48 heavy (non-hydrogen) atoms. The van der Waals surface area contributed by atoms with Gasteiger partial charge in [0.1, 0.15) is 11.2 Å². The van der Waals surface area contributed by atoms with Crippen molar-refractivity contribution in [1.82, 2.24) is 19.5 Å². The Balaban J connectivity index is 1.27. The molecule has 10 rings (SSSR count). The Morgan fingerprint density at radius 2 is 1.08 bits per heavy atom. The summed E-state index contributed by atoms with van der Waals surface area (Å²) in [5.74, 6) is 1.70. The van der Waals surface area contributed by atoms with Crippen LogP contribution in [0.4, 0.5) is 0 Å². The van der Waals surface area contributed by atoms with Gasteiger partial charge in [-0.05, 0) is 46.2 Å². The third kappa shape index (κ3) is 4.08. The SMILES string of the molecule is c1ccc(-c2nc(-c3cccc4c3oc3ccccc34)nc(-n3c4ccccc4c4ccc(-c5cccc6ccccc56)cc43)n2)cc1. The lowest BCUT2D eigenvalue weighted by Gasteiger charge is -2.12. The molecule has 0 bridgehead atoms. The number of hydrogen-bond acceptors (Lipinski definition) is 4. The quantitative estimate of drug-likeness (QED) is 0.198. The highest BCUT2D eigenvalue weighted by molar-refractivity contribution is 6.11. The van der Waals surface area contributed by atoms with Gasteiger partial charge in [-0.25, -0.2) is 4.98 Å². The summed E-state index contributed by atoms with van der Waals surface area (Å²) in [5, 5.41) is 6.80. The summed E-state index contributed by atoms with van der Waals surface area (Å²) in [6, 6.07) is 54.6. The van der Waals surface area contributed by atoms with E-state index in [0.717, 1.165) is 60.4 Å². The van der Waals surface area contributed by atoms with E-state index in [0.29, 0.717) is 17.6 Å². The van der Waals surface area contributed by atoms with Crippen LogP contribution in [0.5, 0.6) is 0 Å². The van der Waals surface area contributed by atoms with Crippen LogP contribution < -0.4 is 0 Å². The largest absolute Gasteiger partial charge is 0.455 e. The molecule has 0 aliphatic carbocycles. The van der Waals surface area contributed by atoms with Crippen LogP contribution in [0.25, 0.3) is 94.4 Å². The van der Waals surface area contributed by atoms with Crippen LogP contribution in [0.15, 0.2) is 162 Å². The molecule has 0 amide bonds. The Labute approximate surface area is 275 Å². The van der Waals surface area contributed by atoms with Crippen molar-refractivity contribution in [3.05, 3.63) is 158 Å². The van der Waals surface area contributed by atoms with E-state index in [2.05, 4.69) is 102 Å². The molecule has 0 radical (unpaired) electrons. The Kier molecular flexibility index (Phi) is 5.81. The molecule has 0 saturated carbocycles. The Hall–Kier alpha value is -6.59. The van der Waals surface area contributed by atoms with Crippen LogP contribution in [0.3, 0.4) is 0 Å². The van der Waals surface area contributed by atoms with Gasteiger partial charge in [-0.3, -0.25) is 4.57 Å². The average molecular weight is 615 g/mol. The third-order valence-corrected chi connectivity index (χ3v) is 9.28. The van der Waals surface area contributed by atoms with E-state index >= 15 is 0 Å². The van der Waals surface area contributed by atoms with E-state index in [1.165, 1.54) is 16.3 Å². The highest BCUT2D eigenvalue weighted by Crippen LogP contribution is 2.38. The van der Waals surface area contributed by atoms with Gasteiger partial charge in [0, 0.05) is 27.1 Å². The maximum Gasteiger partial charge on any atom is 0.238 e. The van der Waals surface area contributed by atoms with Crippen molar-refractivity contribution in [3.8, 4) is 39.9 Å². The molecular formula is C43H26N4O. The molecule has 0 unspecified atom stereocenters. The summed E-state index contributed by atoms with van der Waals surface area (Å²) < 4.78 is 8.62. The van der Waals surface area contributed by atoms with Gasteiger partial charge in [0.25, 0.3) is 0 Å². The lowest BCUT2D eigenvalue weighted by Crippen LogP contribution is -2.06. The molecule has 3 aromatic heterocycles. The maximum atomic E-state index is 6.45. The third-order valence-electron chi connectivity index (χ3n) is 9.28. The summed E-state index contributed by atoms with van der Waals surface area (Å²) in [7, 11) is 0. The second-order valence-electron chi connectivity index (χ2n) is 12.0. The van der Waals surface area contributed by atoms with Crippen molar-refractivity contribution in [3.63, 3.8) is 0 Å². The molecule has 0 aliphatic heterocycles. The average Bonchev–Trinajstić information content (AvgIpc) is 3.70. The minimum atomic E-state index is 0.549. The van der Waals surface area contributed by atoms with Crippen LogP contribution in [0.2, 0.25) is 0 Å². The van der Waals surface area contributed by atoms with Crippen LogP contribution >= 0.6 is 0 Å². The molecule has 0 atom stereocenters. The highest BCUT2D eigenvalue weighted by Gasteiger charge is 2.21. The van der Waals surface area contributed by atoms with E-state index in [1.54, 1.807) is 0 Å². The second kappa shape index (κ2) is 10.5. The number of hydrogen-bond donors (Lipinski definition) is 0. The lowest BCUT2D eigenvalue weighted by atomic mass is 9.97. The molecule has 0 fully saturated rings. The van der Waals surface area contributed by atoms with Crippen molar-refractivity contribution >= 4 is 54.5 Å². The fraction of sp³-hybridized carbons (Fsp3) is 0. The van der Waals surface area contributed by atoms with E-state index < -0.39 is 0 Å². The van der Waals surface area contributed by atoms with Gasteiger partial charge in [-0.2, -0.15) is 9.97 Å². The molecule has 224 valence electrons. The first-order chi connectivity index (χ1) is 23.8. The zero-order valence-electron chi connectivity index (χ0n) is 25.7. The molecule has 5 heteroatoms. The number of rotatable bonds is 4. The van der Waals surface area contributed by atoms with Gasteiger partial charge >= 0.3 is 0 Å². The van der Waals surface area contributed by atoms with Crippen LogP contribution in [-0.4, -0.2) is 19.5 Å². The monoisotopic (exact) mass is 614 g/mol. The van der Waals surface area contributed by atoms with Crippen molar-refractivity contribution in [2.45, 2.75) is 0 Å². The van der Waals surface area contributed by atoms with Gasteiger partial charge in [0.15, 0.2) is 11.6 Å². The summed E-state index contributed by atoms with van der Waals surface area (Å²) >= 11 is 0. The summed E-state index contributed by atoms with van der Waals surface area (Å²) in [6.45, 7) is 0. The zero-order valence-corrected chi connectivity index (χ0v) is 25.7. The summed E-state index contributed by atoms with van der Waals surface area (Å²) in [6.07, 6.45) is 0. The summed E-state index contributed by atoms with van der Waals surface area (Å²) in [5.41, 5.74) is 7.70. The number of aromatic nitrogens is 4. The predicted octanol–water partition coefficient (Wildman–Crippen LogP) is 11.0. The topological polar surface area (TPSA) is 56.7 Å². The molecular weight excluding hydrogens is 589 g/mol. The number of furan rings is 1. The van der Waals surface area contributed by atoms with E-state index in [1.807, 2.05) is 60.7 Å². The van der Waals surface area contributed by atoms with Crippen molar-refractivity contribution in [2.75, 3.05) is 0 Å². The van der Waals surface area contributed by atoms with E-state index in [9.17, 15) is 0 Å². The second-order valence-corrected chi connectivity index (χ2v) is 12.0. The Morgan fingerprint density at radius 1 is 0.417 bits per heavy atom. The lowest BCUT2D eigenvalue weighted by molar-refractivity contribution is 0.669. The van der Waals surface area contributed by atoms with E-state index in [-0.39, 0.29) is 0 Å². The van der Waals surface area contributed by atoms with Gasteiger partial charge < -0.3 is 4.42 Å². The molecule has 0 aliphatic rings.